The van der Waals surface area contributed by atoms with Gasteiger partial charge in [-0.25, -0.2) is 4.98 Å². The molecule has 2 heterocycles. The topological polar surface area (TPSA) is 117 Å². The van der Waals surface area contributed by atoms with Crippen molar-refractivity contribution in [1.29, 1.82) is 0 Å². The predicted octanol–water partition coefficient (Wildman–Crippen LogP) is 3.85. The van der Waals surface area contributed by atoms with Crippen molar-refractivity contribution in [3.8, 4) is 17.0 Å². The van der Waals surface area contributed by atoms with Crippen LogP contribution in [0.5, 0.6) is 5.88 Å². The number of likely N-dealkylation sites (tertiary alicyclic amines) is 1. The van der Waals surface area contributed by atoms with Gasteiger partial charge in [0.15, 0.2) is 0 Å². The molecule has 0 unspecified atom stereocenters. The van der Waals surface area contributed by atoms with Crippen molar-refractivity contribution in [2.75, 3.05) is 13.7 Å². The largest absolute Gasteiger partial charge is 0.481 e. The summed E-state index contributed by atoms with van der Waals surface area (Å²) >= 11 is 0. The van der Waals surface area contributed by atoms with E-state index in [2.05, 4.69) is 4.98 Å². The number of methoxy groups -OCH3 is 1. The number of carbonyl (C=O) groups excluding carboxylic acids is 2. The van der Waals surface area contributed by atoms with E-state index in [0.717, 1.165) is 42.4 Å². The first kappa shape index (κ1) is 25.8. The Morgan fingerprint density at radius 2 is 1.67 bits per heavy atom. The van der Waals surface area contributed by atoms with Crippen LogP contribution in [0.4, 0.5) is 0 Å². The van der Waals surface area contributed by atoms with Crippen LogP contribution in [0.25, 0.3) is 11.1 Å². The van der Waals surface area contributed by atoms with Gasteiger partial charge in [0.1, 0.15) is 0 Å². The normalized spacial score (nSPS) is 18.9. The van der Waals surface area contributed by atoms with Gasteiger partial charge in [0, 0.05) is 37.2 Å². The van der Waals surface area contributed by atoms with Gasteiger partial charge in [-0.05, 0) is 54.7 Å². The second-order valence-corrected chi connectivity index (χ2v) is 10.1. The fraction of sp³-hybridized carbons (Fsp3) is 0.500. The summed E-state index contributed by atoms with van der Waals surface area (Å²) in [6.45, 7) is 0.0341. The van der Waals surface area contributed by atoms with Crippen LogP contribution in [0.3, 0.4) is 0 Å². The Kier molecular flexibility index (Phi) is 8.04. The summed E-state index contributed by atoms with van der Waals surface area (Å²) in [4.78, 5) is 42.6. The minimum atomic E-state index is -1.12. The molecule has 1 saturated carbocycles. The van der Waals surface area contributed by atoms with Gasteiger partial charge >= 0.3 is 5.97 Å². The molecule has 1 aliphatic heterocycles. The highest BCUT2D eigenvalue weighted by Gasteiger charge is 2.45. The number of aryl methyl sites for hydroxylation is 1. The monoisotopic (exact) mass is 494 g/mol. The lowest BCUT2D eigenvalue weighted by molar-refractivity contribution is -0.156. The average molecular weight is 495 g/mol. The number of hydrogen-bond donors (Lipinski definition) is 2. The standard InChI is InChI=1S/C28H34N2O6/c1-36-24-11-9-21(18-29-24)20-7-4-19(5-8-20)6-10-23(31)22(27(34)35)12-15-30-25(32)16-28(17-26(30)33)13-2-3-14-28/h4-5,7-9,11,18,22-23,31H,2-3,6,10,12-17H2,1H3,(H,34,35)/t22-,23+/m0/s1. The average Bonchev–Trinajstić information content (AvgIpc) is 3.31. The van der Waals surface area contributed by atoms with Crippen LogP contribution in [-0.4, -0.2) is 57.6 Å². The van der Waals surface area contributed by atoms with Gasteiger partial charge in [-0.15, -0.1) is 0 Å². The maximum Gasteiger partial charge on any atom is 0.309 e. The highest BCUT2D eigenvalue weighted by atomic mass is 16.5. The predicted molar refractivity (Wildman–Crippen MR) is 133 cm³/mol. The molecule has 0 bridgehead atoms. The number of rotatable bonds is 10. The first-order chi connectivity index (χ1) is 17.3. The molecule has 8 nitrogen and oxygen atoms in total. The summed E-state index contributed by atoms with van der Waals surface area (Å²) in [5.74, 6) is -2.03. The van der Waals surface area contributed by atoms with Crippen LogP contribution < -0.4 is 4.74 Å². The number of piperidine rings is 1. The van der Waals surface area contributed by atoms with E-state index < -0.39 is 18.0 Å². The Bertz CT molecular complexity index is 1060. The number of aliphatic hydroxyl groups is 1. The summed E-state index contributed by atoms with van der Waals surface area (Å²) in [6, 6.07) is 11.5. The molecule has 8 heteroatoms. The summed E-state index contributed by atoms with van der Waals surface area (Å²) in [5, 5.41) is 20.4. The maximum absolute atomic E-state index is 12.7. The third-order valence-corrected chi connectivity index (χ3v) is 7.73. The van der Waals surface area contributed by atoms with E-state index in [1.807, 2.05) is 30.3 Å². The quantitative estimate of drug-likeness (QED) is 0.482. The second kappa shape index (κ2) is 11.2. The number of benzene rings is 1. The first-order valence-electron chi connectivity index (χ1n) is 12.6. The number of hydrogen-bond acceptors (Lipinski definition) is 6. The number of aromatic nitrogens is 1. The number of aliphatic hydroxyl groups excluding tert-OH is 1. The Labute approximate surface area is 211 Å². The molecule has 0 radical (unpaired) electrons. The smallest absolute Gasteiger partial charge is 0.309 e. The molecular formula is C28H34N2O6. The summed E-state index contributed by atoms with van der Waals surface area (Å²) in [6.07, 6.45) is 6.13. The fourth-order valence-corrected chi connectivity index (χ4v) is 5.56. The van der Waals surface area contributed by atoms with Crippen molar-refractivity contribution in [1.82, 2.24) is 9.88 Å². The van der Waals surface area contributed by atoms with Gasteiger partial charge in [0.2, 0.25) is 17.7 Å². The fourth-order valence-electron chi connectivity index (χ4n) is 5.56. The van der Waals surface area contributed by atoms with E-state index in [0.29, 0.717) is 25.1 Å². The molecule has 36 heavy (non-hydrogen) atoms. The number of pyridine rings is 1. The van der Waals surface area contributed by atoms with Crippen LogP contribution in [0.2, 0.25) is 0 Å². The number of aliphatic carboxylic acids is 1. The Balaban J connectivity index is 1.30. The van der Waals surface area contributed by atoms with Crippen LogP contribution >= 0.6 is 0 Å². The Morgan fingerprint density at radius 3 is 2.22 bits per heavy atom. The van der Waals surface area contributed by atoms with Crippen LogP contribution in [0, 0.1) is 11.3 Å². The lowest BCUT2D eigenvalue weighted by atomic mass is 9.76. The molecule has 2 aromatic rings. The zero-order chi connectivity index (χ0) is 25.7. The van der Waals surface area contributed by atoms with Crippen LogP contribution in [-0.2, 0) is 20.8 Å². The third-order valence-electron chi connectivity index (χ3n) is 7.73. The van der Waals surface area contributed by atoms with Crippen LogP contribution in [0.15, 0.2) is 42.6 Å². The van der Waals surface area contributed by atoms with Gasteiger partial charge in [-0.3, -0.25) is 19.3 Å². The van der Waals surface area contributed by atoms with Gasteiger partial charge < -0.3 is 14.9 Å². The Hall–Kier alpha value is -3.26. The molecule has 2 atom stereocenters. The summed E-state index contributed by atoms with van der Waals surface area (Å²) in [5.41, 5.74) is 2.74. The van der Waals surface area contributed by atoms with Crippen LogP contribution in [0.1, 0.15) is 56.9 Å². The molecule has 4 rings (SSSR count). The molecule has 2 aliphatic rings. The lowest BCUT2D eigenvalue weighted by Crippen LogP contribution is -2.48. The zero-order valence-corrected chi connectivity index (χ0v) is 20.7. The third kappa shape index (κ3) is 5.93. The number of ether oxygens (including phenoxy) is 1. The number of nitrogens with zero attached hydrogens (tertiary/aromatic N) is 2. The van der Waals surface area contributed by atoms with Gasteiger partial charge in [0.05, 0.1) is 19.1 Å². The summed E-state index contributed by atoms with van der Waals surface area (Å²) in [7, 11) is 1.57. The molecule has 192 valence electrons. The molecule has 1 aromatic carbocycles. The molecular weight excluding hydrogens is 460 g/mol. The lowest BCUT2D eigenvalue weighted by Gasteiger charge is -2.37. The van der Waals surface area contributed by atoms with Crippen molar-refractivity contribution in [3.05, 3.63) is 48.2 Å². The zero-order valence-electron chi connectivity index (χ0n) is 20.7. The number of carbonyl (C=O) groups is 3. The highest BCUT2D eigenvalue weighted by Crippen LogP contribution is 2.47. The Morgan fingerprint density at radius 1 is 1.03 bits per heavy atom. The maximum atomic E-state index is 12.7. The van der Waals surface area contributed by atoms with E-state index >= 15 is 0 Å². The summed E-state index contributed by atoms with van der Waals surface area (Å²) < 4.78 is 5.08. The van der Waals surface area contributed by atoms with Crippen molar-refractivity contribution >= 4 is 17.8 Å². The van der Waals surface area contributed by atoms with E-state index in [1.165, 1.54) is 4.90 Å². The molecule has 1 aromatic heterocycles. The molecule has 1 saturated heterocycles. The van der Waals surface area contributed by atoms with E-state index in [4.69, 9.17) is 4.74 Å². The van der Waals surface area contributed by atoms with Crippen molar-refractivity contribution in [3.63, 3.8) is 0 Å². The first-order valence-corrected chi connectivity index (χ1v) is 12.6. The molecule has 2 N–H and O–H groups in total. The second-order valence-electron chi connectivity index (χ2n) is 10.1. The molecule has 1 spiro atoms. The highest BCUT2D eigenvalue weighted by molar-refractivity contribution is 5.98. The van der Waals surface area contributed by atoms with Crippen molar-refractivity contribution in [2.24, 2.45) is 11.3 Å². The van der Waals surface area contributed by atoms with Crippen molar-refractivity contribution < 1.29 is 29.3 Å². The van der Waals surface area contributed by atoms with Gasteiger partial charge in [0.25, 0.3) is 0 Å². The number of carboxylic acid groups (broad SMARTS) is 1. The van der Waals surface area contributed by atoms with E-state index in [-0.39, 0.29) is 36.6 Å². The number of amides is 2. The van der Waals surface area contributed by atoms with Gasteiger partial charge in [-0.1, -0.05) is 37.1 Å². The SMILES string of the molecule is COc1ccc(-c2ccc(CC[C@@H](O)[C@H](CCN3C(=O)CC4(CCCC4)CC3=O)C(=O)O)cc2)cn1. The minimum absolute atomic E-state index is 0.0341. The van der Waals surface area contributed by atoms with Crippen molar-refractivity contribution in [2.45, 2.75) is 63.9 Å². The molecule has 2 fully saturated rings. The molecule has 2 amide bonds. The van der Waals surface area contributed by atoms with Gasteiger partial charge in [-0.2, -0.15) is 0 Å². The minimum Gasteiger partial charge on any atom is -0.481 e. The number of imide groups is 1. The number of carboxylic acids is 1. The molecule has 1 aliphatic carbocycles. The van der Waals surface area contributed by atoms with E-state index in [1.54, 1.807) is 19.4 Å². The van der Waals surface area contributed by atoms with E-state index in [9.17, 15) is 24.6 Å².